The summed E-state index contributed by atoms with van der Waals surface area (Å²) >= 11 is 0. The summed E-state index contributed by atoms with van der Waals surface area (Å²) in [6.07, 6.45) is 1.09. The fourth-order valence-corrected chi connectivity index (χ4v) is 5.80. The topological polar surface area (TPSA) is 277 Å². The summed E-state index contributed by atoms with van der Waals surface area (Å²) in [5, 5.41) is 18.9. The first-order valence-corrected chi connectivity index (χ1v) is 16.1. The molecule has 3 aromatic rings. The highest BCUT2D eigenvalue weighted by molar-refractivity contribution is 5.95. The molecule has 17 heteroatoms. The number of halogens is 1. The van der Waals surface area contributed by atoms with Crippen molar-refractivity contribution in [3.8, 4) is 0 Å². The molecule has 0 unspecified atom stereocenters. The minimum absolute atomic E-state index is 0.0494. The molecule has 2 heterocycles. The number of nitrogens with zero attached hydrogens (tertiary/aromatic N) is 2. The van der Waals surface area contributed by atoms with Gasteiger partial charge in [0.2, 0.25) is 29.5 Å². The van der Waals surface area contributed by atoms with Crippen molar-refractivity contribution in [1.29, 1.82) is 0 Å². The number of rotatable bonds is 16. The molecule has 50 heavy (non-hydrogen) atoms. The average molecular weight is 695 g/mol. The summed E-state index contributed by atoms with van der Waals surface area (Å²) in [5.41, 5.74) is 24.7. The van der Waals surface area contributed by atoms with Gasteiger partial charge in [-0.1, -0.05) is 30.3 Å². The van der Waals surface area contributed by atoms with Gasteiger partial charge < -0.3 is 53.9 Å². The van der Waals surface area contributed by atoms with Gasteiger partial charge >= 0.3 is 0 Å². The van der Waals surface area contributed by atoms with Crippen LogP contribution in [-0.2, 0) is 36.8 Å². The maximum Gasteiger partial charge on any atom is 0.243 e. The number of amides is 5. The third-order valence-corrected chi connectivity index (χ3v) is 8.33. The number of nitrogens with two attached hydrogens (primary N) is 4. The van der Waals surface area contributed by atoms with E-state index in [2.05, 4.69) is 25.9 Å². The Morgan fingerprint density at radius 3 is 2.42 bits per heavy atom. The summed E-state index contributed by atoms with van der Waals surface area (Å²) in [5.74, 6) is -4.12. The Morgan fingerprint density at radius 1 is 1.00 bits per heavy atom. The molecule has 1 aliphatic heterocycles. The van der Waals surface area contributed by atoms with E-state index in [9.17, 15) is 33.5 Å². The van der Waals surface area contributed by atoms with Gasteiger partial charge in [-0.25, -0.2) is 4.39 Å². The van der Waals surface area contributed by atoms with Crippen LogP contribution in [0.2, 0.25) is 0 Å². The lowest BCUT2D eigenvalue weighted by Crippen LogP contribution is -2.56. The van der Waals surface area contributed by atoms with Crippen molar-refractivity contribution in [3.63, 3.8) is 0 Å². The van der Waals surface area contributed by atoms with Crippen LogP contribution in [0.1, 0.15) is 30.4 Å². The van der Waals surface area contributed by atoms with Gasteiger partial charge in [0.05, 0.1) is 18.7 Å². The van der Waals surface area contributed by atoms with E-state index < -0.39 is 72.2 Å². The number of likely N-dealkylation sites (tertiary alicyclic amines) is 1. The Morgan fingerprint density at radius 2 is 1.72 bits per heavy atom. The molecular weight excluding hydrogens is 651 g/mol. The first-order chi connectivity index (χ1) is 23.8. The first kappa shape index (κ1) is 37.3. The molecule has 1 fully saturated rings. The molecule has 1 saturated heterocycles. The highest BCUT2D eigenvalue weighted by Gasteiger charge is 2.41. The third kappa shape index (κ3) is 10.2. The summed E-state index contributed by atoms with van der Waals surface area (Å²) in [6.45, 7) is -0.557. The predicted octanol–water partition coefficient (Wildman–Crippen LogP) is -1.99. The van der Waals surface area contributed by atoms with Gasteiger partial charge in [-0.05, 0) is 48.6 Å². The number of β-amino-alcohol motifs (C(OH)–C–C–N with tert-alkyl or cyclic N) is 1. The standard InChI is InChI=1S/C33H43FN10O6/c34-20-9-7-18(8-10-20)12-23(35)32(50)44-17-21(45)14-27(44)31(49)43-25(6-3-11-39-33(37)38)30(48)41-16-28(46)42-26(29(36)47)13-19-15-40-24-5-2-1-4-22(19)24/h1-2,4-5,7-10,15,21,23,25-27,40,45H,3,6,11-14,16-17,35H2,(H2,36,47)(H,41,48)(H,42,46)(H,43,49)(H4,37,38,39)/t21-,23+,25+,26+,27-/m1/s1. The lowest BCUT2D eigenvalue weighted by Gasteiger charge is -2.28. The number of hydrogen-bond acceptors (Lipinski definition) is 8. The monoisotopic (exact) mass is 694 g/mol. The highest BCUT2D eigenvalue weighted by atomic mass is 19.1. The van der Waals surface area contributed by atoms with Gasteiger partial charge in [0, 0.05) is 43.0 Å². The number of nitrogens with one attached hydrogen (secondary N) is 4. The number of fused-ring (bicyclic) bond motifs is 1. The van der Waals surface area contributed by atoms with Gasteiger partial charge in [-0.2, -0.15) is 0 Å². The number of aliphatic hydroxyl groups excluding tert-OH is 1. The van der Waals surface area contributed by atoms with Crippen LogP contribution in [0, 0.1) is 5.82 Å². The van der Waals surface area contributed by atoms with Crippen molar-refractivity contribution >= 4 is 46.4 Å². The zero-order valence-corrected chi connectivity index (χ0v) is 27.3. The van der Waals surface area contributed by atoms with E-state index in [0.29, 0.717) is 5.56 Å². The Bertz CT molecular complexity index is 1710. The molecule has 0 spiro atoms. The zero-order chi connectivity index (χ0) is 36.4. The fraction of sp³-hybridized carbons (Fsp3) is 0.394. The van der Waals surface area contributed by atoms with Crippen molar-refractivity contribution in [1.82, 2.24) is 25.8 Å². The zero-order valence-electron chi connectivity index (χ0n) is 27.3. The molecule has 5 amide bonds. The summed E-state index contributed by atoms with van der Waals surface area (Å²) in [7, 11) is 0. The molecule has 268 valence electrons. The second-order valence-corrected chi connectivity index (χ2v) is 12.1. The highest BCUT2D eigenvalue weighted by Crippen LogP contribution is 2.21. The summed E-state index contributed by atoms with van der Waals surface area (Å²) in [6, 6.07) is 8.42. The minimum atomic E-state index is -1.19. The van der Waals surface area contributed by atoms with E-state index in [1.165, 1.54) is 24.3 Å². The van der Waals surface area contributed by atoms with Gasteiger partial charge in [0.1, 0.15) is 23.9 Å². The molecule has 0 radical (unpaired) electrons. The summed E-state index contributed by atoms with van der Waals surface area (Å²) in [4.78, 5) is 73.3. The third-order valence-electron chi connectivity index (χ3n) is 8.33. The van der Waals surface area contributed by atoms with Crippen molar-refractivity contribution in [2.45, 2.75) is 62.4 Å². The smallest absolute Gasteiger partial charge is 0.243 e. The Kier molecular flexibility index (Phi) is 12.8. The quantitative estimate of drug-likeness (QED) is 0.0455. The van der Waals surface area contributed by atoms with E-state index in [1.807, 2.05) is 24.3 Å². The largest absolute Gasteiger partial charge is 0.391 e. The van der Waals surface area contributed by atoms with Crippen molar-refractivity contribution < 1.29 is 33.5 Å². The van der Waals surface area contributed by atoms with Crippen LogP contribution in [0.5, 0.6) is 0 Å². The van der Waals surface area contributed by atoms with Crippen LogP contribution in [0.3, 0.4) is 0 Å². The number of aromatic amines is 1. The van der Waals surface area contributed by atoms with Gasteiger partial charge in [0.25, 0.3) is 0 Å². The number of aliphatic imine (C=N–C) groups is 1. The molecule has 5 atom stereocenters. The van der Waals surface area contributed by atoms with Crippen molar-refractivity contribution in [2.75, 3.05) is 19.6 Å². The lowest BCUT2D eigenvalue weighted by atomic mass is 10.0. The number of carbonyl (C=O) groups excluding carboxylic acids is 5. The second-order valence-electron chi connectivity index (χ2n) is 12.1. The van der Waals surface area contributed by atoms with Gasteiger partial charge in [-0.3, -0.25) is 29.0 Å². The van der Waals surface area contributed by atoms with E-state index in [0.717, 1.165) is 21.4 Å². The molecule has 13 N–H and O–H groups in total. The van der Waals surface area contributed by atoms with E-state index in [1.54, 1.807) is 6.20 Å². The van der Waals surface area contributed by atoms with E-state index >= 15 is 0 Å². The number of primary amides is 1. The van der Waals surface area contributed by atoms with Crippen molar-refractivity contribution in [2.24, 2.45) is 27.9 Å². The van der Waals surface area contributed by atoms with Crippen molar-refractivity contribution in [3.05, 3.63) is 71.7 Å². The van der Waals surface area contributed by atoms with E-state index in [-0.39, 0.29) is 51.2 Å². The Hall–Kier alpha value is -5.55. The van der Waals surface area contributed by atoms with Gasteiger partial charge in [0.15, 0.2) is 5.96 Å². The van der Waals surface area contributed by atoms with Crippen LogP contribution < -0.4 is 38.9 Å². The SMILES string of the molecule is NC(=O)[C@H](Cc1c[nH]c2ccccc12)NC(=O)CNC(=O)[C@H](CCCN=C(N)N)NC(=O)[C@H]1C[C@@H](O)CN1C(=O)[C@@H](N)Cc1ccc(F)cc1. The predicted molar refractivity (Wildman–Crippen MR) is 182 cm³/mol. The fourth-order valence-electron chi connectivity index (χ4n) is 5.80. The normalized spacial score (nSPS) is 17.4. The Balaban J connectivity index is 1.38. The molecule has 0 bridgehead atoms. The molecule has 1 aliphatic rings. The number of para-hydroxylation sites is 1. The van der Waals surface area contributed by atoms with Crippen LogP contribution in [-0.4, -0.2) is 100 Å². The summed E-state index contributed by atoms with van der Waals surface area (Å²) < 4.78 is 13.3. The molecule has 2 aromatic carbocycles. The lowest BCUT2D eigenvalue weighted by molar-refractivity contribution is -0.140. The van der Waals surface area contributed by atoms with Crippen LogP contribution >= 0.6 is 0 Å². The number of aromatic nitrogens is 1. The number of H-pyrrole nitrogens is 1. The molecule has 1 aromatic heterocycles. The number of carbonyl (C=O) groups is 5. The number of benzene rings is 2. The van der Waals surface area contributed by atoms with Gasteiger partial charge in [-0.15, -0.1) is 0 Å². The van der Waals surface area contributed by atoms with E-state index in [4.69, 9.17) is 22.9 Å². The molecular formula is C33H43FN10O6. The Labute approximate surface area is 287 Å². The number of guanidine groups is 1. The molecule has 4 rings (SSSR count). The molecule has 0 saturated carbocycles. The van der Waals surface area contributed by atoms with Crippen LogP contribution in [0.15, 0.2) is 59.7 Å². The number of aliphatic hydroxyl groups is 1. The van der Waals surface area contributed by atoms with Crippen LogP contribution in [0.25, 0.3) is 10.9 Å². The first-order valence-electron chi connectivity index (χ1n) is 16.1. The maximum atomic E-state index is 13.5. The molecule has 16 nitrogen and oxygen atoms in total. The maximum absolute atomic E-state index is 13.5. The molecule has 0 aliphatic carbocycles. The number of hydrogen-bond donors (Lipinski definition) is 9. The minimum Gasteiger partial charge on any atom is -0.391 e. The average Bonchev–Trinajstić information content (AvgIpc) is 3.68. The second kappa shape index (κ2) is 17.2. The van der Waals surface area contributed by atoms with Crippen LogP contribution in [0.4, 0.5) is 4.39 Å².